The number of carbonyl (C=O) groups excluding carboxylic acids is 3. The highest BCUT2D eigenvalue weighted by atomic mass is 32.2. The highest BCUT2D eigenvalue weighted by Gasteiger charge is 2.75. The summed E-state index contributed by atoms with van der Waals surface area (Å²) in [5, 5.41) is 15.8. The van der Waals surface area contributed by atoms with E-state index in [2.05, 4.69) is 17.6 Å². The quantitative estimate of drug-likeness (QED) is 0.574. The van der Waals surface area contributed by atoms with Crippen LogP contribution in [0.2, 0.25) is 0 Å². The molecule has 0 saturated carbocycles. The number of hydrogen-bond acceptors (Lipinski definition) is 5. The standard InChI is InChI=1S/C27H31N3O4S/c1-15-8-7-9-16(2)22(15)29-25(33)23-27-17(3)14-19(35-27)20(21(27)26(34)30(23)12-13-31)24(32)28-18-10-5-4-6-11-18/h4-11,17,19-21,23,31H,12-14H2,1-3H3,(H,28,32)(H,29,33)/t17?,19-,20+,21+,23?,27?/m1/s1. The molecule has 2 bridgehead atoms. The van der Waals surface area contributed by atoms with Gasteiger partial charge in [0.25, 0.3) is 0 Å². The lowest BCUT2D eigenvalue weighted by Crippen LogP contribution is -2.55. The Balaban J connectivity index is 1.51. The topological polar surface area (TPSA) is 98.7 Å². The van der Waals surface area contributed by atoms with Gasteiger partial charge in [0.2, 0.25) is 17.7 Å². The number of nitrogens with one attached hydrogen (secondary N) is 2. The van der Waals surface area contributed by atoms with E-state index in [9.17, 15) is 19.5 Å². The van der Waals surface area contributed by atoms with E-state index in [1.807, 2.05) is 62.4 Å². The summed E-state index contributed by atoms with van der Waals surface area (Å²) >= 11 is 1.63. The summed E-state index contributed by atoms with van der Waals surface area (Å²) in [5.41, 5.74) is 3.33. The number of β-amino-alcohol motifs (C(OH)–C–C–N with tert-alkyl or cyclic N) is 1. The smallest absolute Gasteiger partial charge is 0.248 e. The van der Waals surface area contributed by atoms with E-state index < -0.39 is 22.6 Å². The van der Waals surface area contributed by atoms with Crippen LogP contribution in [0.1, 0.15) is 24.5 Å². The van der Waals surface area contributed by atoms with Gasteiger partial charge in [0.15, 0.2) is 0 Å². The fourth-order valence-corrected chi connectivity index (χ4v) is 8.84. The van der Waals surface area contributed by atoms with Crippen molar-refractivity contribution in [1.29, 1.82) is 0 Å². The number of thioether (sulfide) groups is 1. The van der Waals surface area contributed by atoms with Gasteiger partial charge in [-0.05, 0) is 49.4 Å². The molecular weight excluding hydrogens is 462 g/mol. The molecule has 1 spiro atoms. The molecule has 6 atom stereocenters. The predicted molar refractivity (Wildman–Crippen MR) is 137 cm³/mol. The monoisotopic (exact) mass is 493 g/mol. The van der Waals surface area contributed by atoms with Gasteiger partial charge in [0.1, 0.15) is 6.04 Å². The number of carbonyl (C=O) groups is 3. The number of benzene rings is 2. The Labute approximate surface area is 209 Å². The van der Waals surface area contributed by atoms with Gasteiger partial charge in [-0.1, -0.05) is 43.3 Å². The van der Waals surface area contributed by atoms with Crippen molar-refractivity contribution in [3.05, 3.63) is 59.7 Å². The van der Waals surface area contributed by atoms with Crippen LogP contribution < -0.4 is 10.6 Å². The van der Waals surface area contributed by atoms with Gasteiger partial charge in [0, 0.05) is 23.2 Å². The number of amides is 3. The molecule has 3 unspecified atom stereocenters. The van der Waals surface area contributed by atoms with Gasteiger partial charge in [-0.25, -0.2) is 0 Å². The van der Waals surface area contributed by atoms with Crippen molar-refractivity contribution in [1.82, 2.24) is 4.90 Å². The molecule has 3 N–H and O–H groups in total. The first-order valence-electron chi connectivity index (χ1n) is 12.1. The molecule has 0 radical (unpaired) electrons. The Kier molecular flexibility index (Phi) is 6.13. The third kappa shape index (κ3) is 3.65. The molecule has 3 heterocycles. The number of aliphatic hydroxyl groups is 1. The van der Waals surface area contributed by atoms with Crippen molar-refractivity contribution in [2.75, 3.05) is 23.8 Å². The maximum atomic E-state index is 13.9. The van der Waals surface area contributed by atoms with Crippen molar-refractivity contribution in [2.45, 2.75) is 43.2 Å². The summed E-state index contributed by atoms with van der Waals surface area (Å²) < 4.78 is -0.712. The molecule has 35 heavy (non-hydrogen) atoms. The number of rotatable bonds is 6. The first-order chi connectivity index (χ1) is 16.8. The highest BCUT2D eigenvalue weighted by Crippen LogP contribution is 2.68. The van der Waals surface area contributed by atoms with Crippen LogP contribution in [-0.2, 0) is 14.4 Å². The summed E-state index contributed by atoms with van der Waals surface area (Å²) in [7, 11) is 0. The van der Waals surface area contributed by atoms with Crippen LogP contribution in [0.25, 0.3) is 0 Å². The van der Waals surface area contributed by atoms with Gasteiger partial charge in [-0.2, -0.15) is 0 Å². The molecule has 0 aromatic heterocycles. The molecule has 5 rings (SSSR count). The van der Waals surface area contributed by atoms with E-state index >= 15 is 0 Å². The van der Waals surface area contributed by atoms with Crippen LogP contribution in [-0.4, -0.2) is 56.9 Å². The van der Waals surface area contributed by atoms with Gasteiger partial charge in [0.05, 0.1) is 23.2 Å². The molecule has 2 aromatic carbocycles. The maximum absolute atomic E-state index is 13.9. The molecule has 3 saturated heterocycles. The number of aliphatic hydroxyl groups excluding tert-OH is 1. The van der Waals surface area contributed by atoms with Crippen LogP contribution in [0.3, 0.4) is 0 Å². The average Bonchev–Trinajstić information content (AvgIpc) is 3.41. The van der Waals surface area contributed by atoms with Crippen molar-refractivity contribution < 1.29 is 19.5 Å². The summed E-state index contributed by atoms with van der Waals surface area (Å²) in [6.07, 6.45) is 0.765. The molecule has 8 heteroatoms. The Morgan fingerprint density at radius 2 is 1.74 bits per heavy atom. The second-order valence-corrected chi connectivity index (χ2v) is 11.5. The van der Waals surface area contributed by atoms with Gasteiger partial charge in [-0.3, -0.25) is 14.4 Å². The fraction of sp³-hybridized carbons (Fsp3) is 0.444. The molecule has 0 aliphatic carbocycles. The van der Waals surface area contributed by atoms with Crippen molar-refractivity contribution in [3.8, 4) is 0 Å². The number of likely N-dealkylation sites (tertiary alicyclic amines) is 1. The fourth-order valence-electron chi connectivity index (χ4n) is 6.42. The van der Waals surface area contributed by atoms with E-state index in [1.54, 1.807) is 11.8 Å². The predicted octanol–water partition coefficient (Wildman–Crippen LogP) is 3.21. The zero-order valence-electron chi connectivity index (χ0n) is 20.2. The number of hydrogen-bond donors (Lipinski definition) is 3. The SMILES string of the molecule is Cc1cccc(C)c1NC(=O)C1N(CCO)C(=O)[C@@H]2[C@@H](C(=O)Nc3ccccc3)[C@H]3CC(C)C12S3. The Hall–Kier alpha value is -2.84. The molecule has 184 valence electrons. The largest absolute Gasteiger partial charge is 0.395 e. The number of anilines is 2. The first kappa shape index (κ1) is 23.9. The number of nitrogens with zero attached hydrogens (tertiary/aromatic N) is 1. The van der Waals surface area contributed by atoms with Gasteiger partial charge < -0.3 is 20.6 Å². The second-order valence-electron chi connectivity index (χ2n) is 9.92. The van der Waals surface area contributed by atoms with E-state index in [0.29, 0.717) is 5.69 Å². The molecule has 2 aromatic rings. The van der Waals surface area contributed by atoms with Crippen LogP contribution in [0.4, 0.5) is 11.4 Å². The zero-order chi connectivity index (χ0) is 24.9. The van der Waals surface area contributed by atoms with Gasteiger partial charge in [-0.15, -0.1) is 11.8 Å². The molecule has 7 nitrogen and oxygen atoms in total. The number of fused-ring (bicyclic) bond motifs is 1. The molecule has 3 fully saturated rings. The van der Waals surface area contributed by atoms with E-state index in [0.717, 1.165) is 23.2 Å². The van der Waals surface area contributed by atoms with Crippen LogP contribution in [0.5, 0.6) is 0 Å². The average molecular weight is 494 g/mol. The van der Waals surface area contributed by atoms with E-state index in [1.165, 1.54) is 4.90 Å². The maximum Gasteiger partial charge on any atom is 0.248 e. The normalized spacial score (nSPS) is 30.9. The van der Waals surface area contributed by atoms with E-state index in [4.69, 9.17) is 0 Å². The summed E-state index contributed by atoms with van der Waals surface area (Å²) in [6, 6.07) is 14.3. The molecule has 3 aliphatic rings. The third-order valence-corrected chi connectivity index (χ3v) is 9.98. The van der Waals surface area contributed by atoms with Crippen molar-refractivity contribution in [3.63, 3.8) is 0 Å². The minimum atomic E-state index is -0.759. The van der Waals surface area contributed by atoms with Crippen molar-refractivity contribution in [2.24, 2.45) is 17.8 Å². The Morgan fingerprint density at radius 1 is 1.06 bits per heavy atom. The lowest BCUT2D eigenvalue weighted by molar-refractivity contribution is -0.138. The zero-order valence-corrected chi connectivity index (χ0v) is 21.0. The second kappa shape index (κ2) is 8.99. The van der Waals surface area contributed by atoms with Crippen molar-refractivity contribution >= 4 is 40.9 Å². The molecule has 3 aliphatic heterocycles. The minimum Gasteiger partial charge on any atom is -0.395 e. The summed E-state index contributed by atoms with van der Waals surface area (Å²) in [4.78, 5) is 42.7. The lowest BCUT2D eigenvalue weighted by Gasteiger charge is -2.38. The van der Waals surface area contributed by atoms with Crippen LogP contribution in [0, 0.1) is 31.6 Å². The Morgan fingerprint density at radius 3 is 2.40 bits per heavy atom. The van der Waals surface area contributed by atoms with Crippen LogP contribution in [0.15, 0.2) is 48.5 Å². The van der Waals surface area contributed by atoms with E-state index in [-0.39, 0.29) is 42.0 Å². The Bertz CT molecular complexity index is 1150. The third-order valence-electron chi connectivity index (χ3n) is 7.91. The number of aryl methyl sites for hydroxylation is 2. The first-order valence-corrected chi connectivity index (χ1v) is 13.0. The minimum absolute atomic E-state index is 0.0329. The highest BCUT2D eigenvalue weighted by molar-refractivity contribution is 8.02. The van der Waals surface area contributed by atoms with Crippen LogP contribution >= 0.6 is 11.8 Å². The van der Waals surface area contributed by atoms with Gasteiger partial charge >= 0.3 is 0 Å². The number of para-hydroxylation sites is 2. The molecule has 3 amide bonds. The molecular formula is C27H31N3O4S. The summed E-state index contributed by atoms with van der Waals surface area (Å²) in [5.74, 6) is -1.70. The lowest BCUT2D eigenvalue weighted by atomic mass is 9.66. The summed E-state index contributed by atoms with van der Waals surface area (Å²) in [6.45, 7) is 5.79.